The van der Waals surface area contributed by atoms with Crippen molar-refractivity contribution in [1.29, 1.82) is 0 Å². The molecule has 0 saturated heterocycles. The summed E-state index contributed by atoms with van der Waals surface area (Å²) in [5.74, 6) is 0.651. The van der Waals surface area contributed by atoms with E-state index in [-0.39, 0.29) is 5.69 Å². The molecule has 1 rings (SSSR count). The van der Waals surface area contributed by atoms with Crippen LogP contribution in [0.2, 0.25) is 0 Å². The second-order valence-electron chi connectivity index (χ2n) is 4.57. The lowest BCUT2D eigenvalue weighted by Crippen LogP contribution is -2.28. The maximum Gasteiger partial charge on any atom is 0.311 e. The second-order valence-corrected chi connectivity index (χ2v) is 4.57. The molecular weight excluding hydrogens is 246 g/mol. The highest BCUT2D eigenvalue weighted by molar-refractivity contribution is 5.60. The number of anilines is 2. The standard InChI is InChI=1S/C12H21N5O2/c1-4-16(9-5-8-15(2)3)12-10(17(18)19)6-7-11(13)14-12/h6-7H,4-5,8-9H2,1-3H3,(H2,13,14). The predicted molar refractivity (Wildman–Crippen MR) is 76.4 cm³/mol. The quantitative estimate of drug-likeness (QED) is 0.592. The summed E-state index contributed by atoms with van der Waals surface area (Å²) < 4.78 is 0. The van der Waals surface area contributed by atoms with Crippen molar-refractivity contribution in [3.8, 4) is 0 Å². The van der Waals surface area contributed by atoms with Gasteiger partial charge in [0, 0.05) is 19.2 Å². The fourth-order valence-corrected chi connectivity index (χ4v) is 1.82. The molecule has 106 valence electrons. The first-order valence-electron chi connectivity index (χ1n) is 6.26. The fourth-order valence-electron chi connectivity index (χ4n) is 1.82. The molecular formula is C12H21N5O2. The van der Waals surface area contributed by atoms with E-state index in [2.05, 4.69) is 9.88 Å². The maximum absolute atomic E-state index is 11.0. The lowest BCUT2D eigenvalue weighted by atomic mass is 10.3. The smallest absolute Gasteiger partial charge is 0.311 e. The zero-order chi connectivity index (χ0) is 14.4. The van der Waals surface area contributed by atoms with Crippen LogP contribution in [0.25, 0.3) is 0 Å². The van der Waals surface area contributed by atoms with Gasteiger partial charge in [-0.1, -0.05) is 0 Å². The summed E-state index contributed by atoms with van der Waals surface area (Å²) in [6.07, 6.45) is 0.911. The number of hydrogen-bond acceptors (Lipinski definition) is 6. The molecule has 0 aromatic carbocycles. The van der Waals surface area contributed by atoms with Crippen LogP contribution in [0.5, 0.6) is 0 Å². The van der Waals surface area contributed by atoms with Gasteiger partial charge in [-0.15, -0.1) is 0 Å². The molecule has 2 N–H and O–H groups in total. The molecule has 0 amide bonds. The van der Waals surface area contributed by atoms with E-state index in [0.717, 1.165) is 13.0 Å². The molecule has 0 saturated carbocycles. The van der Waals surface area contributed by atoms with Gasteiger partial charge in [0.05, 0.1) is 4.92 Å². The number of rotatable bonds is 7. The van der Waals surface area contributed by atoms with E-state index in [1.54, 1.807) is 0 Å². The van der Waals surface area contributed by atoms with Crippen molar-refractivity contribution in [2.24, 2.45) is 0 Å². The molecule has 0 unspecified atom stereocenters. The van der Waals surface area contributed by atoms with Crippen LogP contribution >= 0.6 is 0 Å². The summed E-state index contributed by atoms with van der Waals surface area (Å²) in [6.45, 7) is 4.24. The summed E-state index contributed by atoms with van der Waals surface area (Å²) in [5, 5.41) is 11.0. The molecule has 1 aromatic rings. The summed E-state index contributed by atoms with van der Waals surface area (Å²) in [7, 11) is 4.00. The van der Waals surface area contributed by atoms with E-state index in [9.17, 15) is 10.1 Å². The van der Waals surface area contributed by atoms with Crippen LogP contribution in [0.15, 0.2) is 12.1 Å². The van der Waals surface area contributed by atoms with Crippen LogP contribution in [0.4, 0.5) is 17.3 Å². The zero-order valence-corrected chi connectivity index (χ0v) is 11.7. The Bertz CT molecular complexity index is 436. The molecule has 0 fully saturated rings. The van der Waals surface area contributed by atoms with Gasteiger partial charge in [-0.2, -0.15) is 0 Å². The van der Waals surface area contributed by atoms with E-state index in [1.807, 2.05) is 25.9 Å². The number of nitro groups is 1. The third-order valence-electron chi connectivity index (χ3n) is 2.79. The van der Waals surface area contributed by atoms with Crippen molar-refractivity contribution < 1.29 is 4.92 Å². The number of nitrogens with two attached hydrogens (primary N) is 1. The lowest BCUT2D eigenvalue weighted by Gasteiger charge is -2.22. The highest BCUT2D eigenvalue weighted by atomic mass is 16.6. The minimum atomic E-state index is -0.420. The number of aromatic nitrogens is 1. The average Bonchev–Trinajstić information content (AvgIpc) is 2.33. The third kappa shape index (κ3) is 4.36. The van der Waals surface area contributed by atoms with Crippen LogP contribution in [0.3, 0.4) is 0 Å². The molecule has 7 nitrogen and oxygen atoms in total. The highest BCUT2D eigenvalue weighted by Gasteiger charge is 2.20. The van der Waals surface area contributed by atoms with Crippen LogP contribution in [0.1, 0.15) is 13.3 Å². The van der Waals surface area contributed by atoms with Crippen molar-refractivity contribution in [2.45, 2.75) is 13.3 Å². The summed E-state index contributed by atoms with van der Waals surface area (Å²) >= 11 is 0. The molecule has 0 aliphatic carbocycles. The van der Waals surface area contributed by atoms with Crippen LogP contribution < -0.4 is 10.6 Å². The first-order chi connectivity index (χ1) is 8.95. The van der Waals surface area contributed by atoms with E-state index in [0.29, 0.717) is 24.7 Å². The molecule has 0 spiro atoms. The molecule has 1 heterocycles. The van der Waals surface area contributed by atoms with Gasteiger partial charge < -0.3 is 15.5 Å². The Hall–Kier alpha value is -1.89. The van der Waals surface area contributed by atoms with Crippen LogP contribution in [-0.2, 0) is 0 Å². The van der Waals surface area contributed by atoms with Crippen LogP contribution in [0, 0.1) is 10.1 Å². The number of nitrogen functional groups attached to an aromatic ring is 1. The Morgan fingerprint density at radius 1 is 1.37 bits per heavy atom. The van der Waals surface area contributed by atoms with E-state index >= 15 is 0 Å². The molecule has 1 aromatic heterocycles. The molecule has 0 bridgehead atoms. The molecule has 0 radical (unpaired) electrons. The maximum atomic E-state index is 11.0. The van der Waals surface area contributed by atoms with Gasteiger partial charge in [0.1, 0.15) is 5.82 Å². The molecule has 7 heteroatoms. The van der Waals surface area contributed by atoms with Crippen molar-refractivity contribution in [1.82, 2.24) is 9.88 Å². The Balaban J connectivity index is 2.90. The molecule has 0 aliphatic rings. The van der Waals surface area contributed by atoms with Gasteiger partial charge in [0.15, 0.2) is 0 Å². The molecule has 0 aliphatic heterocycles. The van der Waals surface area contributed by atoms with Crippen molar-refractivity contribution >= 4 is 17.3 Å². The van der Waals surface area contributed by atoms with E-state index in [4.69, 9.17) is 5.73 Å². The lowest BCUT2D eigenvalue weighted by molar-refractivity contribution is -0.384. The van der Waals surface area contributed by atoms with E-state index in [1.165, 1.54) is 12.1 Å². The largest absolute Gasteiger partial charge is 0.384 e. The first-order valence-corrected chi connectivity index (χ1v) is 6.26. The average molecular weight is 267 g/mol. The Morgan fingerprint density at radius 3 is 2.58 bits per heavy atom. The SMILES string of the molecule is CCN(CCCN(C)C)c1nc(N)ccc1[N+](=O)[O-]. The Morgan fingerprint density at radius 2 is 2.05 bits per heavy atom. The topological polar surface area (TPSA) is 88.5 Å². The minimum absolute atomic E-state index is 0.000836. The number of nitrogens with zero attached hydrogens (tertiary/aromatic N) is 4. The van der Waals surface area contributed by atoms with Crippen molar-refractivity contribution in [3.63, 3.8) is 0 Å². The Labute approximate surface area is 113 Å². The Kier molecular flexibility index (Phi) is 5.50. The fraction of sp³-hybridized carbons (Fsp3) is 0.583. The summed E-state index contributed by atoms with van der Waals surface area (Å²) in [6, 6.07) is 2.86. The highest BCUT2D eigenvalue weighted by Crippen LogP contribution is 2.26. The third-order valence-corrected chi connectivity index (χ3v) is 2.79. The van der Waals surface area contributed by atoms with Crippen molar-refractivity contribution in [3.05, 3.63) is 22.2 Å². The summed E-state index contributed by atoms with van der Waals surface area (Å²) in [4.78, 5) is 18.7. The normalized spacial score (nSPS) is 10.7. The zero-order valence-electron chi connectivity index (χ0n) is 11.7. The molecule has 0 atom stereocenters. The van der Waals surface area contributed by atoms with Gasteiger partial charge in [-0.3, -0.25) is 10.1 Å². The van der Waals surface area contributed by atoms with Gasteiger partial charge in [0.25, 0.3) is 0 Å². The van der Waals surface area contributed by atoms with Gasteiger partial charge in [0.2, 0.25) is 5.82 Å². The van der Waals surface area contributed by atoms with Gasteiger partial charge >= 0.3 is 5.69 Å². The van der Waals surface area contributed by atoms with E-state index < -0.39 is 4.92 Å². The number of pyridine rings is 1. The first kappa shape index (κ1) is 15.2. The molecule has 19 heavy (non-hydrogen) atoms. The predicted octanol–water partition coefficient (Wildman–Crippen LogP) is 1.35. The van der Waals surface area contributed by atoms with Crippen molar-refractivity contribution in [2.75, 3.05) is 44.4 Å². The van der Waals surface area contributed by atoms with Crippen LogP contribution in [-0.4, -0.2) is 48.5 Å². The van der Waals surface area contributed by atoms with Gasteiger partial charge in [-0.05, 0) is 40.1 Å². The van der Waals surface area contributed by atoms with Gasteiger partial charge in [-0.25, -0.2) is 4.98 Å². The summed E-state index contributed by atoms with van der Waals surface area (Å²) in [5.41, 5.74) is 5.63. The second kappa shape index (κ2) is 6.89. The monoisotopic (exact) mass is 267 g/mol. The number of hydrogen-bond donors (Lipinski definition) is 1. The minimum Gasteiger partial charge on any atom is -0.384 e.